The first-order chi connectivity index (χ1) is 7.79. The quantitative estimate of drug-likeness (QED) is 0.819. The molecule has 0 spiro atoms. The molecule has 1 aliphatic heterocycles. The van der Waals surface area contributed by atoms with E-state index in [0.717, 1.165) is 31.7 Å². The Morgan fingerprint density at radius 1 is 1.56 bits per heavy atom. The van der Waals surface area contributed by atoms with Crippen molar-refractivity contribution in [2.24, 2.45) is 5.73 Å². The lowest BCUT2D eigenvalue weighted by Gasteiger charge is -2.31. The molecule has 5 nitrogen and oxygen atoms in total. The highest BCUT2D eigenvalue weighted by Crippen LogP contribution is 2.18. The second kappa shape index (κ2) is 5.12. The monoisotopic (exact) mass is 222 g/mol. The van der Waals surface area contributed by atoms with Gasteiger partial charge in [-0.25, -0.2) is 0 Å². The van der Waals surface area contributed by atoms with E-state index in [9.17, 15) is 0 Å². The Morgan fingerprint density at radius 3 is 3.19 bits per heavy atom. The third-order valence-corrected chi connectivity index (χ3v) is 2.67. The lowest BCUT2D eigenvalue weighted by atomic mass is 10.1. The molecule has 0 bridgehead atoms. The standard InChI is InChI=1S/C11H18N4O/c1-2-16-11-7-13-6-10(14-11)15-5-3-4-9(12)8-15/h6-7,9H,2-5,8,12H2,1H3/t9-/m1/s1. The van der Waals surface area contributed by atoms with Gasteiger partial charge in [-0.15, -0.1) is 0 Å². The van der Waals surface area contributed by atoms with Crippen molar-refractivity contribution in [2.75, 3.05) is 24.6 Å². The number of anilines is 1. The first-order valence-electron chi connectivity index (χ1n) is 5.75. The Hall–Kier alpha value is -1.36. The van der Waals surface area contributed by atoms with Crippen LogP contribution in [0, 0.1) is 0 Å². The van der Waals surface area contributed by atoms with Gasteiger partial charge in [-0.2, -0.15) is 4.98 Å². The summed E-state index contributed by atoms with van der Waals surface area (Å²) >= 11 is 0. The van der Waals surface area contributed by atoms with Crippen LogP contribution in [0.25, 0.3) is 0 Å². The van der Waals surface area contributed by atoms with Gasteiger partial charge in [0.2, 0.25) is 5.88 Å². The van der Waals surface area contributed by atoms with Gasteiger partial charge in [-0.3, -0.25) is 4.98 Å². The summed E-state index contributed by atoms with van der Waals surface area (Å²) in [5.41, 5.74) is 5.94. The van der Waals surface area contributed by atoms with Crippen molar-refractivity contribution in [3.05, 3.63) is 12.4 Å². The molecule has 2 N–H and O–H groups in total. The molecule has 1 aromatic heterocycles. The number of ether oxygens (including phenoxy) is 1. The van der Waals surface area contributed by atoms with E-state index in [2.05, 4.69) is 14.9 Å². The lowest BCUT2D eigenvalue weighted by Crippen LogP contribution is -2.43. The van der Waals surface area contributed by atoms with Gasteiger partial charge in [0.1, 0.15) is 0 Å². The van der Waals surface area contributed by atoms with Crippen LogP contribution in [0.15, 0.2) is 12.4 Å². The minimum Gasteiger partial charge on any atom is -0.477 e. The molecule has 0 saturated carbocycles. The van der Waals surface area contributed by atoms with Crippen molar-refractivity contribution >= 4 is 5.82 Å². The smallest absolute Gasteiger partial charge is 0.234 e. The molecule has 1 atom stereocenters. The molecule has 1 fully saturated rings. The zero-order valence-electron chi connectivity index (χ0n) is 9.59. The van der Waals surface area contributed by atoms with Crippen molar-refractivity contribution in [3.8, 4) is 5.88 Å². The fourth-order valence-corrected chi connectivity index (χ4v) is 1.93. The average Bonchev–Trinajstić information content (AvgIpc) is 2.30. The van der Waals surface area contributed by atoms with Crippen LogP contribution in [0.4, 0.5) is 5.82 Å². The minimum absolute atomic E-state index is 0.242. The topological polar surface area (TPSA) is 64.3 Å². The highest BCUT2D eigenvalue weighted by atomic mass is 16.5. The fourth-order valence-electron chi connectivity index (χ4n) is 1.93. The van der Waals surface area contributed by atoms with E-state index in [0.29, 0.717) is 12.5 Å². The Kier molecular flexibility index (Phi) is 3.56. The van der Waals surface area contributed by atoms with Crippen molar-refractivity contribution in [1.29, 1.82) is 0 Å². The van der Waals surface area contributed by atoms with Crippen LogP contribution in [-0.2, 0) is 0 Å². The molecule has 1 aromatic rings. The first kappa shape index (κ1) is 11.1. The summed E-state index contributed by atoms with van der Waals surface area (Å²) in [4.78, 5) is 10.7. The van der Waals surface area contributed by atoms with E-state index in [-0.39, 0.29) is 6.04 Å². The molecular weight excluding hydrogens is 204 g/mol. The number of rotatable bonds is 3. The third kappa shape index (κ3) is 2.61. The highest BCUT2D eigenvalue weighted by molar-refractivity contribution is 5.38. The molecule has 16 heavy (non-hydrogen) atoms. The van der Waals surface area contributed by atoms with E-state index < -0.39 is 0 Å². The number of piperidine rings is 1. The van der Waals surface area contributed by atoms with E-state index in [1.807, 2.05) is 6.92 Å². The van der Waals surface area contributed by atoms with Crippen molar-refractivity contribution in [1.82, 2.24) is 9.97 Å². The van der Waals surface area contributed by atoms with Crippen molar-refractivity contribution < 1.29 is 4.74 Å². The molecule has 0 aromatic carbocycles. The van der Waals surface area contributed by atoms with Crippen molar-refractivity contribution in [3.63, 3.8) is 0 Å². The predicted molar refractivity (Wildman–Crippen MR) is 62.6 cm³/mol. The SMILES string of the molecule is CCOc1cncc(N2CCC[C@@H](N)C2)n1. The average molecular weight is 222 g/mol. The van der Waals surface area contributed by atoms with Crippen LogP contribution in [-0.4, -0.2) is 35.7 Å². The molecule has 0 unspecified atom stereocenters. The van der Waals surface area contributed by atoms with E-state index in [1.165, 1.54) is 0 Å². The van der Waals surface area contributed by atoms with E-state index in [1.54, 1.807) is 12.4 Å². The molecule has 1 saturated heterocycles. The number of hydrogen-bond acceptors (Lipinski definition) is 5. The molecule has 2 rings (SSSR count). The third-order valence-electron chi connectivity index (χ3n) is 2.67. The van der Waals surface area contributed by atoms with Gasteiger partial charge in [0.25, 0.3) is 0 Å². The molecule has 5 heteroatoms. The maximum Gasteiger partial charge on any atom is 0.234 e. The number of hydrogen-bond donors (Lipinski definition) is 1. The molecule has 0 aliphatic carbocycles. The summed E-state index contributed by atoms with van der Waals surface area (Å²) in [5, 5.41) is 0. The van der Waals surface area contributed by atoms with Gasteiger partial charge < -0.3 is 15.4 Å². The highest BCUT2D eigenvalue weighted by Gasteiger charge is 2.18. The number of nitrogens with zero attached hydrogens (tertiary/aromatic N) is 3. The largest absolute Gasteiger partial charge is 0.477 e. The summed E-state index contributed by atoms with van der Waals surface area (Å²) in [6.07, 6.45) is 5.61. The molecule has 1 aliphatic rings. The summed E-state index contributed by atoms with van der Waals surface area (Å²) in [6, 6.07) is 0.242. The summed E-state index contributed by atoms with van der Waals surface area (Å²) < 4.78 is 5.33. The van der Waals surface area contributed by atoms with Crippen LogP contribution in [0.1, 0.15) is 19.8 Å². The van der Waals surface area contributed by atoms with E-state index in [4.69, 9.17) is 10.5 Å². The van der Waals surface area contributed by atoms with Gasteiger partial charge >= 0.3 is 0 Å². The maximum absolute atomic E-state index is 5.94. The second-order valence-electron chi connectivity index (χ2n) is 4.00. The van der Waals surface area contributed by atoms with Gasteiger partial charge in [0, 0.05) is 19.1 Å². The van der Waals surface area contributed by atoms with Gasteiger partial charge in [-0.1, -0.05) is 0 Å². The molecule has 88 valence electrons. The molecular formula is C11H18N4O. The normalized spacial score (nSPS) is 20.9. The van der Waals surface area contributed by atoms with Gasteiger partial charge in [0.05, 0.1) is 19.0 Å². The van der Waals surface area contributed by atoms with Crippen molar-refractivity contribution in [2.45, 2.75) is 25.8 Å². The number of aromatic nitrogens is 2. The van der Waals surface area contributed by atoms with Crippen LogP contribution >= 0.6 is 0 Å². The summed E-state index contributed by atoms with van der Waals surface area (Å²) in [7, 11) is 0. The molecule has 2 heterocycles. The summed E-state index contributed by atoms with van der Waals surface area (Å²) in [6.45, 7) is 4.39. The second-order valence-corrected chi connectivity index (χ2v) is 4.00. The van der Waals surface area contributed by atoms with Gasteiger partial charge in [0.15, 0.2) is 5.82 Å². The molecule has 0 amide bonds. The maximum atomic E-state index is 5.94. The first-order valence-corrected chi connectivity index (χ1v) is 5.75. The Balaban J connectivity index is 2.09. The minimum atomic E-state index is 0.242. The van der Waals surface area contributed by atoms with E-state index >= 15 is 0 Å². The fraction of sp³-hybridized carbons (Fsp3) is 0.636. The summed E-state index contributed by atoms with van der Waals surface area (Å²) in [5.74, 6) is 1.44. The Bertz CT molecular complexity index is 345. The van der Waals surface area contributed by atoms with Gasteiger partial charge in [-0.05, 0) is 19.8 Å². The Morgan fingerprint density at radius 2 is 2.44 bits per heavy atom. The number of nitrogens with two attached hydrogens (primary N) is 1. The zero-order valence-corrected chi connectivity index (χ0v) is 9.59. The molecule has 0 radical (unpaired) electrons. The zero-order chi connectivity index (χ0) is 11.4. The Labute approximate surface area is 95.6 Å². The van der Waals surface area contributed by atoms with Crippen LogP contribution < -0.4 is 15.4 Å². The van der Waals surface area contributed by atoms with Crippen LogP contribution in [0.5, 0.6) is 5.88 Å². The van der Waals surface area contributed by atoms with Crippen LogP contribution in [0.2, 0.25) is 0 Å². The van der Waals surface area contributed by atoms with Crippen LogP contribution in [0.3, 0.4) is 0 Å². The lowest BCUT2D eigenvalue weighted by molar-refractivity contribution is 0.325. The predicted octanol–water partition coefficient (Wildman–Crippen LogP) is 0.803.